The van der Waals surface area contributed by atoms with E-state index in [0.29, 0.717) is 29.6 Å². The highest BCUT2D eigenvalue weighted by atomic mass is 16.5. The number of amides is 1. The Balaban J connectivity index is 1.57. The van der Waals surface area contributed by atoms with Crippen molar-refractivity contribution < 1.29 is 23.7 Å². The summed E-state index contributed by atoms with van der Waals surface area (Å²) in [5.41, 5.74) is 5.15. The third-order valence-corrected chi connectivity index (χ3v) is 4.64. The van der Waals surface area contributed by atoms with Crippen molar-refractivity contribution in [1.29, 1.82) is 0 Å². The maximum Gasteiger partial charge on any atom is 0.244 e. The average Bonchev–Trinajstić information content (AvgIpc) is 2.83. The predicted octanol–water partition coefficient (Wildman–Crippen LogP) is 3.98. The Labute approximate surface area is 187 Å². The zero-order valence-corrected chi connectivity index (χ0v) is 18.3. The van der Waals surface area contributed by atoms with Gasteiger partial charge in [-0.15, -0.1) is 0 Å². The summed E-state index contributed by atoms with van der Waals surface area (Å²) in [4.78, 5) is 12.2. The van der Waals surface area contributed by atoms with Crippen LogP contribution in [0, 0.1) is 0 Å². The van der Waals surface area contributed by atoms with E-state index in [-0.39, 0.29) is 12.3 Å². The van der Waals surface area contributed by atoms with E-state index < -0.39 is 0 Å². The van der Waals surface area contributed by atoms with Crippen LogP contribution in [0.5, 0.6) is 23.0 Å². The van der Waals surface area contributed by atoms with Crippen LogP contribution in [0.15, 0.2) is 71.8 Å². The average molecular weight is 434 g/mol. The van der Waals surface area contributed by atoms with Crippen molar-refractivity contribution in [2.24, 2.45) is 5.10 Å². The number of ether oxygens (including phenoxy) is 4. The molecule has 0 unspecified atom stereocenters. The molecule has 3 rings (SSSR count). The Kier molecular flexibility index (Phi) is 8.09. The number of hydrogen-bond donors (Lipinski definition) is 1. The van der Waals surface area contributed by atoms with E-state index in [1.807, 2.05) is 48.5 Å². The van der Waals surface area contributed by atoms with E-state index in [2.05, 4.69) is 10.5 Å². The van der Waals surface area contributed by atoms with E-state index in [1.54, 1.807) is 45.7 Å². The molecule has 0 aliphatic heterocycles. The van der Waals surface area contributed by atoms with Gasteiger partial charge in [-0.2, -0.15) is 5.10 Å². The lowest BCUT2D eigenvalue weighted by Gasteiger charge is -2.11. The number of hydrazone groups is 1. The number of carbonyl (C=O) groups is 1. The van der Waals surface area contributed by atoms with Gasteiger partial charge < -0.3 is 18.9 Å². The summed E-state index contributed by atoms with van der Waals surface area (Å²) in [6.45, 7) is 0.441. The fourth-order valence-corrected chi connectivity index (χ4v) is 3.01. The van der Waals surface area contributed by atoms with E-state index in [1.165, 1.54) is 0 Å². The maximum absolute atomic E-state index is 12.2. The van der Waals surface area contributed by atoms with Gasteiger partial charge in [0.25, 0.3) is 0 Å². The molecule has 0 fully saturated rings. The molecule has 0 radical (unpaired) electrons. The van der Waals surface area contributed by atoms with Crippen molar-refractivity contribution >= 4 is 12.1 Å². The largest absolute Gasteiger partial charge is 0.493 e. The third-order valence-electron chi connectivity index (χ3n) is 4.64. The molecule has 32 heavy (non-hydrogen) atoms. The summed E-state index contributed by atoms with van der Waals surface area (Å²) in [5, 5.41) is 4.04. The van der Waals surface area contributed by atoms with E-state index >= 15 is 0 Å². The van der Waals surface area contributed by atoms with Crippen molar-refractivity contribution in [2.45, 2.75) is 13.0 Å². The quantitative estimate of drug-likeness (QED) is 0.386. The number of carbonyl (C=O) groups excluding carboxylic acids is 1. The number of hydrogen-bond acceptors (Lipinski definition) is 6. The minimum Gasteiger partial charge on any atom is -0.493 e. The molecule has 3 aromatic carbocycles. The van der Waals surface area contributed by atoms with Crippen molar-refractivity contribution in [1.82, 2.24) is 5.43 Å². The molecule has 1 N–H and O–H groups in total. The summed E-state index contributed by atoms with van der Waals surface area (Å²) in [5.74, 6) is 2.15. The normalized spacial score (nSPS) is 10.6. The Morgan fingerprint density at radius 3 is 2.22 bits per heavy atom. The molecule has 0 saturated carbocycles. The summed E-state index contributed by atoms with van der Waals surface area (Å²) in [6, 6.07) is 20.7. The zero-order chi connectivity index (χ0) is 22.8. The highest BCUT2D eigenvalue weighted by molar-refractivity contribution is 5.84. The zero-order valence-electron chi connectivity index (χ0n) is 18.3. The molecule has 0 aliphatic carbocycles. The van der Waals surface area contributed by atoms with Gasteiger partial charge in [0, 0.05) is 0 Å². The number of nitrogens with one attached hydrogen (secondary N) is 1. The lowest BCUT2D eigenvalue weighted by atomic mass is 10.1. The SMILES string of the molecule is COc1ccc(CC(=O)N/N=C\c2ccc(OCc3ccccc3)c(OC)c2)cc1OC. The highest BCUT2D eigenvalue weighted by Gasteiger charge is 2.08. The van der Waals surface area contributed by atoms with Crippen LogP contribution >= 0.6 is 0 Å². The van der Waals surface area contributed by atoms with E-state index in [9.17, 15) is 4.79 Å². The Morgan fingerprint density at radius 1 is 0.812 bits per heavy atom. The second kappa shape index (κ2) is 11.4. The molecule has 7 nitrogen and oxygen atoms in total. The van der Waals surface area contributed by atoms with Crippen molar-refractivity contribution in [3.8, 4) is 23.0 Å². The molecule has 1 amide bonds. The number of rotatable bonds is 10. The second-order valence-corrected chi connectivity index (χ2v) is 6.84. The molecular weight excluding hydrogens is 408 g/mol. The molecular formula is C25H26N2O5. The molecule has 0 spiro atoms. The van der Waals surface area contributed by atoms with Crippen molar-refractivity contribution in [3.05, 3.63) is 83.4 Å². The molecule has 0 heterocycles. The summed E-state index contributed by atoms with van der Waals surface area (Å²) in [6.07, 6.45) is 1.71. The van der Waals surface area contributed by atoms with Crippen LogP contribution in [0.2, 0.25) is 0 Å². The second-order valence-electron chi connectivity index (χ2n) is 6.84. The van der Waals surface area contributed by atoms with Gasteiger partial charge in [-0.1, -0.05) is 36.4 Å². The first-order valence-corrected chi connectivity index (χ1v) is 10.0. The van der Waals surface area contributed by atoms with E-state index in [4.69, 9.17) is 18.9 Å². The fourth-order valence-electron chi connectivity index (χ4n) is 3.01. The predicted molar refractivity (Wildman–Crippen MR) is 123 cm³/mol. The monoisotopic (exact) mass is 434 g/mol. The van der Waals surface area contributed by atoms with Crippen molar-refractivity contribution in [2.75, 3.05) is 21.3 Å². The first kappa shape index (κ1) is 22.7. The Morgan fingerprint density at radius 2 is 1.50 bits per heavy atom. The molecule has 0 aromatic heterocycles. The van der Waals surface area contributed by atoms with Gasteiger partial charge in [0.15, 0.2) is 23.0 Å². The minimum atomic E-state index is -0.247. The van der Waals surface area contributed by atoms with Gasteiger partial charge in [-0.25, -0.2) is 5.43 Å². The lowest BCUT2D eigenvalue weighted by molar-refractivity contribution is -0.120. The number of methoxy groups -OCH3 is 3. The molecule has 0 atom stereocenters. The Bertz CT molecular complexity index is 1070. The van der Waals surface area contributed by atoms with Gasteiger partial charge in [0.1, 0.15) is 6.61 Å². The highest BCUT2D eigenvalue weighted by Crippen LogP contribution is 2.29. The van der Waals surface area contributed by atoms with Crippen LogP contribution in [-0.4, -0.2) is 33.5 Å². The van der Waals surface area contributed by atoms with Crippen LogP contribution in [0.25, 0.3) is 0 Å². The van der Waals surface area contributed by atoms with Gasteiger partial charge in [0.05, 0.1) is 34.0 Å². The molecule has 0 aliphatic rings. The molecule has 0 bridgehead atoms. The summed E-state index contributed by atoms with van der Waals surface area (Å²) in [7, 11) is 4.70. The maximum atomic E-state index is 12.2. The van der Waals surface area contributed by atoms with Crippen LogP contribution in [0.3, 0.4) is 0 Å². The number of nitrogens with zero attached hydrogens (tertiary/aromatic N) is 1. The van der Waals surface area contributed by atoms with E-state index in [0.717, 1.165) is 16.7 Å². The molecule has 7 heteroatoms. The van der Waals surface area contributed by atoms with Gasteiger partial charge in [0.2, 0.25) is 5.91 Å². The van der Waals surface area contributed by atoms with Crippen LogP contribution in [-0.2, 0) is 17.8 Å². The van der Waals surface area contributed by atoms with Gasteiger partial charge in [-0.05, 0) is 47.0 Å². The molecule has 0 saturated heterocycles. The van der Waals surface area contributed by atoms with Gasteiger partial charge >= 0.3 is 0 Å². The van der Waals surface area contributed by atoms with Crippen LogP contribution in [0.4, 0.5) is 0 Å². The summed E-state index contributed by atoms with van der Waals surface area (Å²) >= 11 is 0. The minimum absolute atomic E-state index is 0.160. The summed E-state index contributed by atoms with van der Waals surface area (Å²) < 4.78 is 21.8. The van der Waals surface area contributed by atoms with Crippen LogP contribution < -0.4 is 24.4 Å². The topological polar surface area (TPSA) is 78.4 Å². The molecule has 3 aromatic rings. The third kappa shape index (κ3) is 6.25. The first-order chi connectivity index (χ1) is 15.6. The fraction of sp³-hybridized carbons (Fsp3) is 0.200. The van der Waals surface area contributed by atoms with Gasteiger partial charge in [-0.3, -0.25) is 4.79 Å². The standard InChI is InChI=1S/C25H26N2O5/c1-29-21-11-9-19(13-23(21)30-2)15-25(28)27-26-16-20-10-12-22(24(14-20)31-3)32-17-18-7-5-4-6-8-18/h4-14,16H,15,17H2,1-3H3,(H,27,28)/b26-16-. The van der Waals surface area contributed by atoms with Crippen molar-refractivity contribution in [3.63, 3.8) is 0 Å². The first-order valence-electron chi connectivity index (χ1n) is 10.0. The lowest BCUT2D eigenvalue weighted by Crippen LogP contribution is -2.19. The molecule has 166 valence electrons. The smallest absolute Gasteiger partial charge is 0.244 e. The number of benzene rings is 3. The van der Waals surface area contributed by atoms with Crippen LogP contribution in [0.1, 0.15) is 16.7 Å². The Hall–Kier alpha value is -4.00.